The highest BCUT2D eigenvalue weighted by Gasteiger charge is 2.43. The van der Waals surface area contributed by atoms with E-state index in [2.05, 4.69) is 11.4 Å². The van der Waals surface area contributed by atoms with Gasteiger partial charge in [-0.2, -0.15) is 0 Å². The number of nitrogens with one attached hydrogen (secondary N) is 1. The van der Waals surface area contributed by atoms with Crippen LogP contribution in [0.4, 0.5) is 4.79 Å². The Morgan fingerprint density at radius 3 is 2.46 bits per heavy atom. The molecular formula is C32H39ClN2O4. The van der Waals surface area contributed by atoms with E-state index >= 15 is 0 Å². The van der Waals surface area contributed by atoms with E-state index in [-0.39, 0.29) is 24.1 Å². The highest BCUT2D eigenvalue weighted by molar-refractivity contribution is 6.31. The fraction of sp³-hybridized carbons (Fsp3) is 0.438. The fourth-order valence-corrected chi connectivity index (χ4v) is 5.97. The first-order valence-electron chi connectivity index (χ1n) is 13.5. The molecule has 0 bridgehead atoms. The van der Waals surface area contributed by atoms with E-state index < -0.39 is 11.0 Å². The fourth-order valence-electron chi connectivity index (χ4n) is 5.73. The van der Waals surface area contributed by atoms with E-state index in [9.17, 15) is 9.59 Å². The van der Waals surface area contributed by atoms with Crippen LogP contribution in [0.2, 0.25) is 5.02 Å². The lowest BCUT2D eigenvalue weighted by molar-refractivity contribution is -0.123. The topological polar surface area (TPSA) is 67.9 Å². The summed E-state index contributed by atoms with van der Waals surface area (Å²) in [6, 6.07) is 19.5. The largest absolute Gasteiger partial charge is 0.497 e. The SMILES string of the molecule is COc1ccc(C2(CC(=O)NC(C)c3cc(Cl)cc4ccccc34)CCN(C(=O)OC(C)(C)C)C(C)C2)cc1. The number of likely N-dealkylation sites (tertiary alicyclic amines) is 1. The predicted molar refractivity (Wildman–Crippen MR) is 156 cm³/mol. The van der Waals surface area contributed by atoms with Crippen LogP contribution in [-0.2, 0) is 14.9 Å². The second-order valence-corrected chi connectivity index (χ2v) is 12.1. The number of ether oxygens (including phenoxy) is 2. The monoisotopic (exact) mass is 550 g/mol. The van der Waals surface area contributed by atoms with Crippen molar-refractivity contribution in [3.8, 4) is 5.75 Å². The van der Waals surface area contributed by atoms with E-state index in [1.54, 1.807) is 12.0 Å². The average molecular weight is 551 g/mol. The van der Waals surface area contributed by atoms with Gasteiger partial charge in [-0.3, -0.25) is 4.79 Å². The zero-order chi connectivity index (χ0) is 28.4. The molecular weight excluding hydrogens is 512 g/mol. The van der Waals surface area contributed by atoms with Gasteiger partial charge in [0, 0.05) is 29.4 Å². The maximum atomic E-state index is 13.7. The Morgan fingerprint density at radius 2 is 1.82 bits per heavy atom. The summed E-state index contributed by atoms with van der Waals surface area (Å²) in [5.74, 6) is 0.722. The maximum absolute atomic E-state index is 13.7. The Balaban J connectivity index is 1.58. The molecule has 1 aliphatic rings. The number of halogens is 1. The van der Waals surface area contributed by atoms with Crippen LogP contribution in [0.15, 0.2) is 60.7 Å². The van der Waals surface area contributed by atoms with Gasteiger partial charge in [0.05, 0.1) is 13.2 Å². The van der Waals surface area contributed by atoms with Gasteiger partial charge in [-0.1, -0.05) is 48.0 Å². The summed E-state index contributed by atoms with van der Waals surface area (Å²) in [4.78, 5) is 28.3. The first-order chi connectivity index (χ1) is 18.4. The molecule has 1 saturated heterocycles. The number of nitrogens with zero attached hydrogens (tertiary/aromatic N) is 1. The molecule has 1 aliphatic heterocycles. The Bertz CT molecular complexity index is 1330. The molecule has 208 valence electrons. The molecule has 3 aromatic rings. The maximum Gasteiger partial charge on any atom is 0.410 e. The molecule has 3 atom stereocenters. The average Bonchev–Trinajstić information content (AvgIpc) is 2.87. The zero-order valence-electron chi connectivity index (χ0n) is 23.7. The molecule has 1 N–H and O–H groups in total. The Morgan fingerprint density at radius 1 is 1.13 bits per heavy atom. The molecule has 4 rings (SSSR count). The number of benzene rings is 3. The van der Waals surface area contributed by atoms with Gasteiger partial charge >= 0.3 is 6.09 Å². The zero-order valence-corrected chi connectivity index (χ0v) is 24.5. The minimum atomic E-state index is -0.568. The van der Waals surface area contributed by atoms with Crippen LogP contribution >= 0.6 is 11.6 Å². The summed E-state index contributed by atoms with van der Waals surface area (Å²) in [7, 11) is 1.64. The Hall–Kier alpha value is -3.25. The van der Waals surface area contributed by atoms with E-state index in [0.717, 1.165) is 27.6 Å². The van der Waals surface area contributed by atoms with E-state index in [1.165, 1.54) is 0 Å². The van der Waals surface area contributed by atoms with Crippen molar-refractivity contribution >= 4 is 34.4 Å². The molecule has 3 unspecified atom stereocenters. The number of amides is 2. The standard InChI is InChI=1S/C32H39ClN2O4/c1-21-19-32(24-11-13-26(38-6)14-12-24,15-16-35(21)30(37)39-31(3,4)5)20-29(36)34-22(2)28-18-25(33)17-23-9-7-8-10-27(23)28/h7-14,17-18,21-22H,15-16,19-20H2,1-6H3,(H,34,36). The summed E-state index contributed by atoms with van der Waals surface area (Å²) < 4.78 is 11.0. The lowest BCUT2D eigenvalue weighted by Crippen LogP contribution is -2.52. The third-order valence-corrected chi connectivity index (χ3v) is 7.80. The molecule has 0 aromatic heterocycles. The number of hydrogen-bond donors (Lipinski definition) is 1. The molecule has 1 heterocycles. The van der Waals surface area contributed by atoms with Crippen molar-refractivity contribution in [3.63, 3.8) is 0 Å². The van der Waals surface area contributed by atoms with Crippen LogP contribution in [0, 0.1) is 0 Å². The quantitative estimate of drug-likeness (QED) is 0.346. The molecule has 0 saturated carbocycles. The lowest BCUT2D eigenvalue weighted by atomic mass is 9.68. The number of hydrogen-bond acceptors (Lipinski definition) is 4. The molecule has 0 radical (unpaired) electrons. The molecule has 0 spiro atoms. The normalized spacial score (nSPS) is 20.4. The van der Waals surface area contributed by atoms with Gasteiger partial charge in [0.1, 0.15) is 11.4 Å². The summed E-state index contributed by atoms with van der Waals surface area (Å²) in [6.07, 6.45) is 1.27. The van der Waals surface area contributed by atoms with Gasteiger partial charge < -0.3 is 19.7 Å². The van der Waals surface area contributed by atoms with Gasteiger partial charge in [-0.05, 0) is 93.6 Å². The van der Waals surface area contributed by atoms with Gasteiger partial charge in [-0.15, -0.1) is 0 Å². The van der Waals surface area contributed by atoms with Crippen molar-refractivity contribution < 1.29 is 19.1 Å². The third kappa shape index (κ3) is 6.67. The number of rotatable bonds is 6. The molecule has 7 heteroatoms. The minimum absolute atomic E-state index is 0.0414. The summed E-state index contributed by atoms with van der Waals surface area (Å²) in [5, 5.41) is 5.98. The van der Waals surface area contributed by atoms with Crippen molar-refractivity contribution in [2.45, 2.75) is 77.0 Å². The predicted octanol–water partition coefficient (Wildman–Crippen LogP) is 7.43. The smallest absolute Gasteiger partial charge is 0.410 e. The van der Waals surface area contributed by atoms with Crippen LogP contribution in [0.3, 0.4) is 0 Å². The van der Waals surface area contributed by atoms with E-state index in [4.69, 9.17) is 21.1 Å². The van der Waals surface area contributed by atoms with Crippen molar-refractivity contribution in [3.05, 3.63) is 76.8 Å². The Labute approximate surface area is 236 Å². The molecule has 6 nitrogen and oxygen atoms in total. The summed E-state index contributed by atoms with van der Waals surface area (Å²) in [5.41, 5.74) is 1.04. The highest BCUT2D eigenvalue weighted by Crippen LogP contribution is 2.42. The van der Waals surface area contributed by atoms with E-state index in [0.29, 0.717) is 30.8 Å². The summed E-state index contributed by atoms with van der Waals surface area (Å²) >= 11 is 6.42. The van der Waals surface area contributed by atoms with Crippen LogP contribution in [0.5, 0.6) is 5.75 Å². The van der Waals surface area contributed by atoms with Gasteiger partial charge in [0.25, 0.3) is 0 Å². The van der Waals surface area contributed by atoms with Crippen molar-refractivity contribution in [2.75, 3.05) is 13.7 Å². The van der Waals surface area contributed by atoms with Gasteiger partial charge in [0.15, 0.2) is 0 Å². The third-order valence-electron chi connectivity index (χ3n) is 7.58. The molecule has 3 aromatic carbocycles. The number of carbonyl (C=O) groups excluding carboxylic acids is 2. The second kappa shape index (κ2) is 11.5. The molecule has 1 fully saturated rings. The highest BCUT2D eigenvalue weighted by atomic mass is 35.5. The number of methoxy groups -OCH3 is 1. The van der Waals surface area contributed by atoms with Gasteiger partial charge in [-0.25, -0.2) is 4.79 Å². The summed E-state index contributed by atoms with van der Waals surface area (Å²) in [6.45, 7) is 10.1. The first-order valence-corrected chi connectivity index (χ1v) is 13.9. The molecule has 39 heavy (non-hydrogen) atoms. The van der Waals surface area contributed by atoms with Crippen molar-refractivity contribution in [1.82, 2.24) is 10.2 Å². The van der Waals surface area contributed by atoms with Crippen LogP contribution in [0.25, 0.3) is 10.8 Å². The van der Waals surface area contributed by atoms with Crippen LogP contribution in [0.1, 0.15) is 71.0 Å². The van der Waals surface area contributed by atoms with Crippen LogP contribution < -0.4 is 10.1 Å². The van der Waals surface area contributed by atoms with E-state index in [1.807, 2.05) is 89.2 Å². The van der Waals surface area contributed by atoms with Gasteiger partial charge in [0.2, 0.25) is 5.91 Å². The lowest BCUT2D eigenvalue weighted by Gasteiger charge is -2.46. The van der Waals surface area contributed by atoms with Crippen molar-refractivity contribution in [2.24, 2.45) is 0 Å². The number of piperidine rings is 1. The van der Waals surface area contributed by atoms with Crippen LogP contribution in [-0.4, -0.2) is 42.2 Å². The minimum Gasteiger partial charge on any atom is -0.497 e. The number of carbonyl (C=O) groups is 2. The second-order valence-electron chi connectivity index (χ2n) is 11.7. The molecule has 2 amide bonds. The molecule has 0 aliphatic carbocycles. The van der Waals surface area contributed by atoms with Crippen molar-refractivity contribution in [1.29, 1.82) is 0 Å². The Kier molecular flexibility index (Phi) is 8.45. The first kappa shape index (κ1) is 28.8. The number of fused-ring (bicyclic) bond motifs is 1.